The quantitative estimate of drug-likeness (QED) is 0.726. The molecule has 0 saturated heterocycles. The van der Waals surface area contributed by atoms with Gasteiger partial charge in [0.2, 0.25) is 0 Å². The summed E-state index contributed by atoms with van der Waals surface area (Å²) in [5.41, 5.74) is 0.309. The fraction of sp³-hybridized carbons (Fsp3) is 0.227. The summed E-state index contributed by atoms with van der Waals surface area (Å²) in [7, 11) is -4.18. The normalized spacial score (nSPS) is 26.1. The molecule has 1 saturated carbocycles. The molecule has 1 heterocycles. The summed E-state index contributed by atoms with van der Waals surface area (Å²) in [5, 5.41) is 20.0. The van der Waals surface area contributed by atoms with Crippen molar-refractivity contribution in [2.75, 3.05) is 0 Å². The Morgan fingerprint density at radius 3 is 2.41 bits per heavy atom. The Labute approximate surface area is 169 Å². The molecule has 7 heteroatoms. The molecule has 0 radical (unpaired) electrons. The van der Waals surface area contributed by atoms with E-state index >= 15 is 0 Å². The van der Waals surface area contributed by atoms with Crippen molar-refractivity contribution in [3.05, 3.63) is 78.4 Å². The number of rotatable bonds is 3. The van der Waals surface area contributed by atoms with Gasteiger partial charge in [-0.05, 0) is 30.0 Å². The molecule has 2 aromatic carbocycles. The Bertz CT molecular complexity index is 1180. The standard InChI is InChI=1S/C22H17N3O3S/c1-2-15-12-22(13-23,14-24)20(16-8-4-3-5-9-16)19(15)21-17-10-6-7-11-18(17)28-29(26,27)25-21/h2-11,15,19-20H,1,12H2/t15-,19+,20-/m1/s1. The lowest BCUT2D eigenvalue weighted by atomic mass is 9.71. The van der Waals surface area contributed by atoms with Crippen molar-refractivity contribution in [3.8, 4) is 17.9 Å². The van der Waals surface area contributed by atoms with Gasteiger partial charge in [-0.3, -0.25) is 0 Å². The van der Waals surface area contributed by atoms with Crippen molar-refractivity contribution in [2.45, 2.75) is 12.3 Å². The second-order valence-corrected chi connectivity index (χ2v) is 8.40. The van der Waals surface area contributed by atoms with Crippen LogP contribution < -0.4 is 4.18 Å². The monoisotopic (exact) mass is 403 g/mol. The highest BCUT2D eigenvalue weighted by molar-refractivity contribution is 7.86. The molecular weight excluding hydrogens is 386 g/mol. The second kappa shape index (κ2) is 6.88. The highest BCUT2D eigenvalue weighted by atomic mass is 32.2. The molecule has 29 heavy (non-hydrogen) atoms. The topological polar surface area (TPSA) is 103 Å². The highest BCUT2D eigenvalue weighted by Gasteiger charge is 2.57. The first-order valence-corrected chi connectivity index (χ1v) is 10.4. The van der Waals surface area contributed by atoms with Crippen LogP contribution in [0.2, 0.25) is 0 Å². The summed E-state index contributed by atoms with van der Waals surface area (Å²) < 4.78 is 33.7. The van der Waals surface area contributed by atoms with E-state index in [0.717, 1.165) is 5.56 Å². The first kappa shape index (κ1) is 18.9. The summed E-state index contributed by atoms with van der Waals surface area (Å²) in [5.74, 6) is -1.20. The summed E-state index contributed by atoms with van der Waals surface area (Å²) in [6, 6.07) is 20.4. The van der Waals surface area contributed by atoms with E-state index in [0.29, 0.717) is 11.3 Å². The lowest BCUT2D eigenvalue weighted by Crippen LogP contribution is -2.32. The molecule has 1 fully saturated rings. The third-order valence-electron chi connectivity index (χ3n) is 5.65. The smallest absolute Gasteiger partial charge is 0.365 e. The fourth-order valence-electron chi connectivity index (χ4n) is 4.47. The van der Waals surface area contributed by atoms with Crippen molar-refractivity contribution < 1.29 is 12.6 Å². The number of allylic oxidation sites excluding steroid dienone is 1. The fourth-order valence-corrected chi connectivity index (χ4v) is 5.34. The lowest BCUT2D eigenvalue weighted by molar-refractivity contribution is 0.449. The van der Waals surface area contributed by atoms with Crippen LogP contribution in [0.1, 0.15) is 23.5 Å². The first-order valence-electron chi connectivity index (χ1n) is 9.08. The minimum atomic E-state index is -4.18. The van der Waals surface area contributed by atoms with E-state index in [2.05, 4.69) is 23.1 Å². The summed E-state index contributed by atoms with van der Waals surface area (Å²) in [6.07, 6.45) is 1.93. The molecule has 4 rings (SSSR count). The Morgan fingerprint density at radius 1 is 1.10 bits per heavy atom. The molecule has 2 aliphatic rings. The van der Waals surface area contributed by atoms with Gasteiger partial charge in [-0.15, -0.1) is 11.0 Å². The van der Waals surface area contributed by atoms with Gasteiger partial charge >= 0.3 is 10.3 Å². The van der Waals surface area contributed by atoms with Crippen molar-refractivity contribution >= 4 is 16.0 Å². The van der Waals surface area contributed by atoms with Gasteiger partial charge in [-0.2, -0.15) is 18.9 Å². The molecule has 1 aliphatic carbocycles. The van der Waals surface area contributed by atoms with Crippen LogP contribution in [-0.4, -0.2) is 14.1 Å². The zero-order chi connectivity index (χ0) is 20.6. The Balaban J connectivity index is 1.99. The minimum Gasteiger partial charge on any atom is -0.365 e. The van der Waals surface area contributed by atoms with E-state index in [1.807, 2.05) is 30.3 Å². The summed E-state index contributed by atoms with van der Waals surface area (Å²) in [4.78, 5) is 0. The van der Waals surface area contributed by atoms with Gasteiger partial charge in [0.05, 0.1) is 17.9 Å². The van der Waals surface area contributed by atoms with E-state index in [1.54, 1.807) is 30.3 Å². The number of benzene rings is 2. The molecule has 6 nitrogen and oxygen atoms in total. The van der Waals surface area contributed by atoms with Gasteiger partial charge in [-0.25, -0.2) is 0 Å². The molecule has 0 spiro atoms. The predicted molar refractivity (Wildman–Crippen MR) is 107 cm³/mol. The van der Waals surface area contributed by atoms with Crippen LogP contribution in [0.5, 0.6) is 5.75 Å². The van der Waals surface area contributed by atoms with Crippen molar-refractivity contribution in [1.29, 1.82) is 10.5 Å². The van der Waals surface area contributed by atoms with E-state index in [9.17, 15) is 18.9 Å². The van der Waals surface area contributed by atoms with Crippen LogP contribution in [0.3, 0.4) is 0 Å². The Hall–Kier alpha value is -3.42. The molecular formula is C22H17N3O3S. The Morgan fingerprint density at radius 2 is 1.76 bits per heavy atom. The van der Waals surface area contributed by atoms with Gasteiger partial charge in [0, 0.05) is 17.4 Å². The molecule has 2 aromatic rings. The van der Waals surface area contributed by atoms with Gasteiger partial charge in [0.1, 0.15) is 0 Å². The molecule has 0 N–H and O–H groups in total. The third-order valence-corrected chi connectivity index (χ3v) is 6.46. The predicted octanol–water partition coefficient (Wildman–Crippen LogP) is 3.75. The number of nitriles is 2. The second-order valence-electron chi connectivity index (χ2n) is 7.20. The van der Waals surface area contributed by atoms with Crippen LogP contribution in [0.25, 0.3) is 0 Å². The maximum absolute atomic E-state index is 12.4. The molecule has 0 amide bonds. The molecule has 0 aromatic heterocycles. The SMILES string of the molecule is C=C[C@@H]1CC(C#N)(C#N)[C@H](c2ccccc2)[C@H]1C1=NS(=O)(=O)Oc2ccccc21. The van der Waals surface area contributed by atoms with Gasteiger partial charge in [-0.1, -0.05) is 48.5 Å². The van der Waals surface area contributed by atoms with E-state index in [4.69, 9.17) is 4.18 Å². The van der Waals surface area contributed by atoms with Crippen molar-refractivity contribution in [2.24, 2.45) is 21.6 Å². The molecule has 0 bridgehead atoms. The molecule has 3 atom stereocenters. The zero-order valence-electron chi connectivity index (χ0n) is 15.4. The minimum absolute atomic E-state index is 0.193. The van der Waals surface area contributed by atoms with Crippen molar-refractivity contribution in [3.63, 3.8) is 0 Å². The van der Waals surface area contributed by atoms with E-state index in [-0.39, 0.29) is 18.1 Å². The van der Waals surface area contributed by atoms with Gasteiger partial charge in [0.25, 0.3) is 0 Å². The molecule has 0 unspecified atom stereocenters. The van der Waals surface area contributed by atoms with Crippen LogP contribution in [0.4, 0.5) is 0 Å². The number of fused-ring (bicyclic) bond motifs is 1. The van der Waals surface area contributed by atoms with Crippen LogP contribution in [0.15, 0.2) is 71.6 Å². The van der Waals surface area contributed by atoms with E-state index in [1.165, 1.54) is 0 Å². The average molecular weight is 403 g/mol. The summed E-state index contributed by atoms with van der Waals surface area (Å²) >= 11 is 0. The lowest BCUT2D eigenvalue weighted by Gasteiger charge is -2.30. The average Bonchev–Trinajstić information content (AvgIpc) is 3.08. The third kappa shape index (κ3) is 3.00. The van der Waals surface area contributed by atoms with Crippen LogP contribution in [0, 0.1) is 39.9 Å². The molecule has 144 valence electrons. The van der Waals surface area contributed by atoms with Crippen molar-refractivity contribution in [1.82, 2.24) is 0 Å². The van der Waals surface area contributed by atoms with Gasteiger partial charge in [0.15, 0.2) is 11.2 Å². The first-order chi connectivity index (χ1) is 13.9. The summed E-state index contributed by atoms with van der Waals surface area (Å²) in [6.45, 7) is 3.89. The Kier molecular flexibility index (Phi) is 4.49. The van der Waals surface area contributed by atoms with Gasteiger partial charge < -0.3 is 4.18 Å². The molecule has 1 aliphatic heterocycles. The van der Waals surface area contributed by atoms with Crippen LogP contribution >= 0.6 is 0 Å². The maximum Gasteiger partial charge on any atom is 0.428 e. The number of para-hydroxylation sites is 1. The largest absolute Gasteiger partial charge is 0.428 e. The number of hydrogen-bond donors (Lipinski definition) is 0. The number of nitrogens with zero attached hydrogens (tertiary/aromatic N) is 3. The number of hydrogen-bond acceptors (Lipinski definition) is 5. The van der Waals surface area contributed by atoms with Crippen LogP contribution in [-0.2, 0) is 10.3 Å². The highest BCUT2D eigenvalue weighted by Crippen LogP contribution is 2.57. The maximum atomic E-state index is 12.4. The van der Waals surface area contributed by atoms with E-state index < -0.39 is 27.6 Å². The zero-order valence-corrected chi connectivity index (χ0v) is 16.2.